The number of carbonyl (C=O) groups excluding carboxylic acids is 2. The van der Waals surface area contributed by atoms with E-state index in [-0.39, 0.29) is 24.7 Å². The van der Waals surface area contributed by atoms with Crippen LogP contribution in [0.15, 0.2) is 59.1 Å². The van der Waals surface area contributed by atoms with Crippen molar-refractivity contribution >= 4 is 17.7 Å². The molecule has 7 nitrogen and oxygen atoms in total. The highest BCUT2D eigenvalue weighted by molar-refractivity contribution is 5.89. The van der Waals surface area contributed by atoms with Gasteiger partial charge in [0, 0.05) is 30.3 Å². The van der Waals surface area contributed by atoms with Crippen LogP contribution in [0.25, 0.3) is 11.3 Å². The SMILES string of the molecule is CCCNC(=O)Nc1cccc(OC(=O)CCc2ncc(-c3ccc(F)cc3)o2)c1. The van der Waals surface area contributed by atoms with Crippen molar-refractivity contribution in [2.75, 3.05) is 11.9 Å². The Morgan fingerprint density at radius 3 is 2.73 bits per heavy atom. The highest BCUT2D eigenvalue weighted by atomic mass is 19.1. The van der Waals surface area contributed by atoms with Crippen LogP contribution < -0.4 is 15.4 Å². The summed E-state index contributed by atoms with van der Waals surface area (Å²) in [4.78, 5) is 28.0. The Balaban J connectivity index is 1.51. The molecular weight excluding hydrogens is 389 g/mol. The summed E-state index contributed by atoms with van der Waals surface area (Å²) in [5.74, 6) is 0.423. The molecule has 2 amide bonds. The number of nitrogens with zero attached hydrogens (tertiary/aromatic N) is 1. The van der Waals surface area contributed by atoms with Gasteiger partial charge >= 0.3 is 12.0 Å². The van der Waals surface area contributed by atoms with Crippen molar-refractivity contribution in [2.45, 2.75) is 26.2 Å². The summed E-state index contributed by atoms with van der Waals surface area (Å²) in [7, 11) is 0. The van der Waals surface area contributed by atoms with E-state index in [2.05, 4.69) is 15.6 Å². The maximum absolute atomic E-state index is 13.0. The minimum absolute atomic E-state index is 0.0675. The van der Waals surface area contributed by atoms with Crippen molar-refractivity contribution in [2.24, 2.45) is 0 Å². The maximum atomic E-state index is 13.0. The number of aryl methyl sites for hydroxylation is 1. The van der Waals surface area contributed by atoms with Gasteiger partial charge in [-0.05, 0) is 42.8 Å². The van der Waals surface area contributed by atoms with Gasteiger partial charge < -0.3 is 19.8 Å². The molecule has 0 saturated carbocycles. The van der Waals surface area contributed by atoms with E-state index < -0.39 is 5.97 Å². The van der Waals surface area contributed by atoms with E-state index >= 15 is 0 Å². The standard InChI is InChI=1S/C22H22FN3O4/c1-2-12-24-22(28)26-17-4-3-5-18(13-17)29-21(27)11-10-20-25-14-19(30-20)15-6-8-16(23)9-7-15/h3-9,13-14H,2,10-12H2,1H3,(H2,24,26,28). The second-order valence-corrected chi connectivity index (χ2v) is 6.51. The van der Waals surface area contributed by atoms with Crippen LogP contribution in [-0.2, 0) is 11.2 Å². The normalized spacial score (nSPS) is 10.5. The fraction of sp³-hybridized carbons (Fsp3) is 0.227. The molecule has 0 aliphatic heterocycles. The molecule has 8 heteroatoms. The molecule has 0 aliphatic carbocycles. The Morgan fingerprint density at radius 1 is 1.17 bits per heavy atom. The third-order valence-corrected chi connectivity index (χ3v) is 4.08. The van der Waals surface area contributed by atoms with Crippen molar-refractivity contribution in [3.05, 3.63) is 66.4 Å². The van der Waals surface area contributed by atoms with Gasteiger partial charge in [-0.3, -0.25) is 4.79 Å². The first kappa shape index (κ1) is 21.0. The lowest BCUT2D eigenvalue weighted by atomic mass is 10.2. The van der Waals surface area contributed by atoms with Crippen molar-refractivity contribution in [1.29, 1.82) is 0 Å². The van der Waals surface area contributed by atoms with E-state index in [4.69, 9.17) is 9.15 Å². The Bertz CT molecular complexity index is 1000. The van der Waals surface area contributed by atoms with Crippen LogP contribution in [0.1, 0.15) is 25.7 Å². The van der Waals surface area contributed by atoms with Gasteiger partial charge in [0.05, 0.1) is 12.6 Å². The first-order chi connectivity index (χ1) is 14.5. The van der Waals surface area contributed by atoms with Crippen LogP contribution in [0, 0.1) is 5.82 Å². The summed E-state index contributed by atoms with van der Waals surface area (Å²) in [5, 5.41) is 5.38. The van der Waals surface area contributed by atoms with Crippen LogP contribution in [0.2, 0.25) is 0 Å². The average molecular weight is 411 g/mol. The number of carbonyl (C=O) groups is 2. The molecule has 2 aromatic carbocycles. The molecule has 0 saturated heterocycles. The number of hydrogen-bond acceptors (Lipinski definition) is 5. The van der Waals surface area contributed by atoms with Gasteiger partial charge in [-0.25, -0.2) is 14.2 Å². The molecule has 0 spiro atoms. The predicted molar refractivity (Wildman–Crippen MR) is 110 cm³/mol. The Labute approximate surface area is 173 Å². The number of anilines is 1. The van der Waals surface area contributed by atoms with Crippen LogP contribution in [-0.4, -0.2) is 23.5 Å². The summed E-state index contributed by atoms with van der Waals surface area (Å²) < 4.78 is 23.9. The summed E-state index contributed by atoms with van der Waals surface area (Å²) in [6.45, 7) is 2.53. The molecule has 1 aromatic heterocycles. The van der Waals surface area contributed by atoms with Crippen LogP contribution in [0.4, 0.5) is 14.9 Å². The maximum Gasteiger partial charge on any atom is 0.319 e. The number of nitrogens with one attached hydrogen (secondary N) is 2. The van der Waals surface area contributed by atoms with E-state index in [0.717, 1.165) is 6.42 Å². The number of halogens is 1. The van der Waals surface area contributed by atoms with Crippen molar-refractivity contribution in [3.63, 3.8) is 0 Å². The molecule has 0 radical (unpaired) electrons. The van der Waals surface area contributed by atoms with Crippen LogP contribution >= 0.6 is 0 Å². The Morgan fingerprint density at radius 2 is 1.97 bits per heavy atom. The number of oxazole rings is 1. The molecule has 3 rings (SSSR count). The number of ether oxygens (including phenoxy) is 1. The number of amides is 2. The smallest absolute Gasteiger partial charge is 0.319 e. The zero-order chi connectivity index (χ0) is 21.3. The van der Waals surface area contributed by atoms with E-state index in [1.54, 1.807) is 36.4 Å². The first-order valence-electron chi connectivity index (χ1n) is 9.59. The molecule has 0 bridgehead atoms. The summed E-state index contributed by atoms with van der Waals surface area (Å²) in [5.41, 5.74) is 1.22. The highest BCUT2D eigenvalue weighted by Gasteiger charge is 2.11. The lowest BCUT2D eigenvalue weighted by molar-refractivity contribution is -0.134. The summed E-state index contributed by atoms with van der Waals surface area (Å²) in [6, 6.07) is 12.1. The molecule has 1 heterocycles. The van der Waals surface area contributed by atoms with Gasteiger partial charge in [0.15, 0.2) is 11.7 Å². The zero-order valence-electron chi connectivity index (χ0n) is 16.5. The van der Waals surface area contributed by atoms with Gasteiger partial charge in [0.25, 0.3) is 0 Å². The third kappa shape index (κ3) is 6.16. The Kier molecular flexibility index (Phi) is 7.15. The third-order valence-electron chi connectivity index (χ3n) is 4.08. The monoisotopic (exact) mass is 411 g/mol. The fourth-order valence-corrected chi connectivity index (χ4v) is 2.62. The minimum atomic E-state index is -0.455. The lowest BCUT2D eigenvalue weighted by Crippen LogP contribution is -2.29. The topological polar surface area (TPSA) is 93.5 Å². The largest absolute Gasteiger partial charge is 0.441 e. The number of aromatic nitrogens is 1. The van der Waals surface area contributed by atoms with Gasteiger partial charge in [-0.2, -0.15) is 0 Å². The number of urea groups is 1. The van der Waals surface area contributed by atoms with E-state index in [9.17, 15) is 14.0 Å². The molecular formula is C22H22FN3O4. The van der Waals surface area contributed by atoms with E-state index in [0.29, 0.717) is 35.2 Å². The first-order valence-corrected chi connectivity index (χ1v) is 9.59. The van der Waals surface area contributed by atoms with Gasteiger partial charge in [-0.1, -0.05) is 13.0 Å². The fourth-order valence-electron chi connectivity index (χ4n) is 2.62. The lowest BCUT2D eigenvalue weighted by Gasteiger charge is -2.08. The van der Waals surface area contributed by atoms with Gasteiger partial charge in [0.1, 0.15) is 11.6 Å². The van der Waals surface area contributed by atoms with Crippen molar-refractivity contribution in [3.8, 4) is 17.1 Å². The molecule has 2 N–H and O–H groups in total. The predicted octanol–water partition coefficient (Wildman–Crippen LogP) is 4.55. The zero-order valence-corrected chi connectivity index (χ0v) is 16.5. The number of rotatable bonds is 8. The molecule has 0 atom stereocenters. The Hall–Kier alpha value is -3.68. The van der Waals surface area contributed by atoms with Crippen LogP contribution in [0.5, 0.6) is 5.75 Å². The molecule has 156 valence electrons. The second kappa shape index (κ2) is 10.2. The molecule has 0 aliphatic rings. The summed E-state index contributed by atoms with van der Waals surface area (Å²) >= 11 is 0. The average Bonchev–Trinajstić information content (AvgIpc) is 3.20. The van der Waals surface area contributed by atoms with Gasteiger partial charge in [-0.15, -0.1) is 0 Å². The summed E-state index contributed by atoms with van der Waals surface area (Å²) in [6.07, 6.45) is 2.70. The van der Waals surface area contributed by atoms with Crippen molar-refractivity contribution in [1.82, 2.24) is 10.3 Å². The van der Waals surface area contributed by atoms with Crippen molar-refractivity contribution < 1.29 is 23.1 Å². The van der Waals surface area contributed by atoms with E-state index in [1.165, 1.54) is 18.3 Å². The number of esters is 1. The minimum Gasteiger partial charge on any atom is -0.441 e. The van der Waals surface area contributed by atoms with Crippen LogP contribution in [0.3, 0.4) is 0 Å². The quantitative estimate of drug-likeness (QED) is 0.419. The molecule has 3 aromatic rings. The highest BCUT2D eigenvalue weighted by Crippen LogP contribution is 2.22. The number of benzene rings is 2. The molecule has 30 heavy (non-hydrogen) atoms. The second-order valence-electron chi connectivity index (χ2n) is 6.51. The number of hydrogen-bond donors (Lipinski definition) is 2. The van der Waals surface area contributed by atoms with Gasteiger partial charge in [0.2, 0.25) is 0 Å². The van der Waals surface area contributed by atoms with E-state index in [1.807, 2.05) is 6.92 Å². The molecule has 0 unspecified atom stereocenters. The molecule has 0 fully saturated rings.